The fraction of sp³-hybridized carbons (Fsp3) is 0.500. The van der Waals surface area contributed by atoms with E-state index in [4.69, 9.17) is 0 Å². The van der Waals surface area contributed by atoms with Gasteiger partial charge in [-0.15, -0.1) is 0 Å². The van der Waals surface area contributed by atoms with Crippen LogP contribution in [0.4, 0.5) is 0 Å². The highest BCUT2D eigenvalue weighted by Crippen LogP contribution is 2.15. The maximum atomic E-state index is 11.3. The van der Waals surface area contributed by atoms with Crippen LogP contribution in [-0.4, -0.2) is 12.3 Å². The Labute approximate surface area is 98.1 Å². The van der Waals surface area contributed by atoms with E-state index in [9.17, 15) is 4.79 Å². The van der Waals surface area contributed by atoms with E-state index in [0.29, 0.717) is 0 Å². The van der Waals surface area contributed by atoms with Gasteiger partial charge in [0.25, 0.3) is 0 Å². The van der Waals surface area contributed by atoms with E-state index in [1.807, 2.05) is 26.0 Å². The van der Waals surface area contributed by atoms with Crippen LogP contribution in [-0.2, 0) is 11.3 Å². The first kappa shape index (κ1) is 12.9. The highest BCUT2D eigenvalue weighted by atomic mass is 16.1. The van der Waals surface area contributed by atoms with Crippen molar-refractivity contribution in [3.63, 3.8) is 0 Å². The molecule has 0 aliphatic heterocycles. The standard InChI is InChI=1S/C14H21NO/c1-11-7-5-6-8-13(11)9-15-10-14(3,4)12(2)16/h5-8,15H,9-10H2,1-4H3. The van der Waals surface area contributed by atoms with Crippen LogP contribution in [0, 0.1) is 12.3 Å². The van der Waals surface area contributed by atoms with Crippen LogP contribution < -0.4 is 5.32 Å². The summed E-state index contributed by atoms with van der Waals surface area (Å²) < 4.78 is 0. The van der Waals surface area contributed by atoms with Crippen LogP contribution >= 0.6 is 0 Å². The lowest BCUT2D eigenvalue weighted by molar-refractivity contribution is -0.124. The molecule has 16 heavy (non-hydrogen) atoms. The molecule has 1 aromatic rings. The van der Waals surface area contributed by atoms with E-state index in [1.165, 1.54) is 11.1 Å². The molecule has 0 aromatic heterocycles. The molecule has 0 bridgehead atoms. The summed E-state index contributed by atoms with van der Waals surface area (Å²) in [6, 6.07) is 8.30. The molecule has 1 aromatic carbocycles. The normalized spacial score (nSPS) is 11.5. The third-order valence-electron chi connectivity index (χ3n) is 3.10. The number of carbonyl (C=O) groups is 1. The second-order valence-corrected chi connectivity index (χ2v) is 4.97. The first-order valence-electron chi connectivity index (χ1n) is 5.70. The average molecular weight is 219 g/mol. The highest BCUT2D eigenvalue weighted by molar-refractivity contribution is 5.81. The lowest BCUT2D eigenvalue weighted by Gasteiger charge is -2.21. The Balaban J connectivity index is 2.48. The smallest absolute Gasteiger partial charge is 0.136 e. The van der Waals surface area contributed by atoms with Crippen molar-refractivity contribution in [2.24, 2.45) is 5.41 Å². The summed E-state index contributed by atoms with van der Waals surface area (Å²) in [6.45, 7) is 9.24. The number of ketones is 1. The molecule has 0 saturated carbocycles. The summed E-state index contributed by atoms with van der Waals surface area (Å²) in [5, 5.41) is 3.34. The summed E-state index contributed by atoms with van der Waals surface area (Å²) >= 11 is 0. The molecule has 0 aliphatic rings. The first-order valence-corrected chi connectivity index (χ1v) is 5.70. The van der Waals surface area contributed by atoms with Crippen molar-refractivity contribution in [2.75, 3.05) is 6.54 Å². The minimum Gasteiger partial charge on any atom is -0.312 e. The molecule has 0 heterocycles. The van der Waals surface area contributed by atoms with Crippen LogP contribution in [0.1, 0.15) is 31.9 Å². The average Bonchev–Trinajstić information content (AvgIpc) is 2.20. The lowest BCUT2D eigenvalue weighted by atomic mass is 9.89. The summed E-state index contributed by atoms with van der Waals surface area (Å²) in [6.07, 6.45) is 0. The number of rotatable bonds is 5. The van der Waals surface area contributed by atoms with Gasteiger partial charge < -0.3 is 5.32 Å². The fourth-order valence-electron chi connectivity index (χ4n) is 1.44. The number of carbonyl (C=O) groups excluding carboxylic acids is 1. The molecular weight excluding hydrogens is 198 g/mol. The number of Topliss-reactive ketones (excluding diaryl/α,β-unsaturated/α-hetero) is 1. The van der Waals surface area contributed by atoms with Gasteiger partial charge in [0, 0.05) is 18.5 Å². The second-order valence-electron chi connectivity index (χ2n) is 4.97. The summed E-state index contributed by atoms with van der Waals surface area (Å²) in [7, 11) is 0. The molecule has 0 saturated heterocycles. The predicted molar refractivity (Wildman–Crippen MR) is 67.3 cm³/mol. The summed E-state index contributed by atoms with van der Waals surface area (Å²) in [4.78, 5) is 11.3. The monoisotopic (exact) mass is 219 g/mol. The van der Waals surface area contributed by atoms with Crippen LogP contribution in [0.2, 0.25) is 0 Å². The number of hydrogen-bond donors (Lipinski definition) is 1. The molecule has 2 nitrogen and oxygen atoms in total. The Morgan fingerprint density at radius 3 is 2.50 bits per heavy atom. The van der Waals surface area contributed by atoms with Crippen molar-refractivity contribution in [2.45, 2.75) is 34.2 Å². The van der Waals surface area contributed by atoms with Crippen molar-refractivity contribution in [1.82, 2.24) is 5.32 Å². The van der Waals surface area contributed by atoms with Gasteiger partial charge in [0.15, 0.2) is 0 Å². The molecule has 0 fully saturated rings. The summed E-state index contributed by atoms with van der Waals surface area (Å²) in [5.74, 6) is 0.227. The van der Waals surface area contributed by atoms with Crippen LogP contribution in [0.15, 0.2) is 24.3 Å². The van der Waals surface area contributed by atoms with Crippen LogP contribution in [0.3, 0.4) is 0 Å². The molecule has 0 spiro atoms. The molecule has 88 valence electrons. The molecule has 0 amide bonds. The topological polar surface area (TPSA) is 29.1 Å². The van der Waals surface area contributed by atoms with Gasteiger partial charge in [-0.25, -0.2) is 0 Å². The number of hydrogen-bond acceptors (Lipinski definition) is 2. The van der Waals surface area contributed by atoms with Gasteiger partial charge >= 0.3 is 0 Å². The highest BCUT2D eigenvalue weighted by Gasteiger charge is 2.22. The molecular formula is C14H21NO. The van der Waals surface area contributed by atoms with Gasteiger partial charge in [0.2, 0.25) is 0 Å². The van der Waals surface area contributed by atoms with Crippen LogP contribution in [0.25, 0.3) is 0 Å². The predicted octanol–water partition coefficient (Wildman–Crippen LogP) is 2.70. The van der Waals surface area contributed by atoms with E-state index in [2.05, 4.69) is 24.4 Å². The van der Waals surface area contributed by atoms with Crippen molar-refractivity contribution < 1.29 is 4.79 Å². The molecule has 2 heteroatoms. The maximum Gasteiger partial charge on any atom is 0.136 e. The van der Waals surface area contributed by atoms with E-state index in [0.717, 1.165) is 13.1 Å². The van der Waals surface area contributed by atoms with E-state index >= 15 is 0 Å². The maximum absolute atomic E-state index is 11.3. The zero-order valence-electron chi connectivity index (χ0n) is 10.6. The van der Waals surface area contributed by atoms with E-state index in [1.54, 1.807) is 6.92 Å². The first-order chi connectivity index (χ1) is 7.43. The second kappa shape index (κ2) is 5.26. The quantitative estimate of drug-likeness (QED) is 0.825. The SMILES string of the molecule is CC(=O)C(C)(C)CNCc1ccccc1C. The van der Waals surface area contributed by atoms with E-state index in [-0.39, 0.29) is 11.2 Å². The van der Waals surface area contributed by atoms with Gasteiger partial charge in [-0.05, 0) is 25.0 Å². The van der Waals surface area contributed by atoms with Gasteiger partial charge in [-0.1, -0.05) is 38.1 Å². The van der Waals surface area contributed by atoms with Gasteiger partial charge in [-0.2, -0.15) is 0 Å². The minimum absolute atomic E-state index is 0.227. The number of aryl methyl sites for hydroxylation is 1. The van der Waals surface area contributed by atoms with Crippen LogP contribution in [0.5, 0.6) is 0 Å². The Bertz CT molecular complexity index is 369. The van der Waals surface area contributed by atoms with Gasteiger partial charge in [0.05, 0.1) is 0 Å². The Hall–Kier alpha value is -1.15. The molecule has 0 atom stereocenters. The molecule has 1 N–H and O–H groups in total. The molecule has 0 radical (unpaired) electrons. The zero-order valence-corrected chi connectivity index (χ0v) is 10.6. The van der Waals surface area contributed by atoms with Crippen molar-refractivity contribution in [1.29, 1.82) is 0 Å². The fourth-order valence-corrected chi connectivity index (χ4v) is 1.44. The Morgan fingerprint density at radius 1 is 1.31 bits per heavy atom. The van der Waals surface area contributed by atoms with Crippen molar-refractivity contribution in [3.05, 3.63) is 35.4 Å². The van der Waals surface area contributed by atoms with Crippen molar-refractivity contribution in [3.8, 4) is 0 Å². The third kappa shape index (κ3) is 3.46. The Morgan fingerprint density at radius 2 is 1.94 bits per heavy atom. The van der Waals surface area contributed by atoms with Crippen molar-refractivity contribution >= 4 is 5.78 Å². The largest absolute Gasteiger partial charge is 0.312 e. The molecule has 1 rings (SSSR count). The molecule has 0 aliphatic carbocycles. The zero-order chi connectivity index (χ0) is 12.2. The van der Waals surface area contributed by atoms with E-state index < -0.39 is 0 Å². The molecule has 0 unspecified atom stereocenters. The third-order valence-corrected chi connectivity index (χ3v) is 3.10. The minimum atomic E-state index is -0.275. The summed E-state index contributed by atoms with van der Waals surface area (Å²) in [5.41, 5.74) is 2.31. The Kier molecular flexibility index (Phi) is 4.25. The van der Waals surface area contributed by atoms with Gasteiger partial charge in [0.1, 0.15) is 5.78 Å². The number of nitrogens with one attached hydrogen (secondary N) is 1. The number of benzene rings is 1. The van der Waals surface area contributed by atoms with Gasteiger partial charge in [-0.3, -0.25) is 4.79 Å². The lowest BCUT2D eigenvalue weighted by Crippen LogP contribution is -2.34.